The summed E-state index contributed by atoms with van der Waals surface area (Å²) in [5, 5.41) is 14.0. The molecule has 8 nitrogen and oxygen atoms in total. The Morgan fingerprint density at radius 1 is 1.10 bits per heavy atom. The standard InChI is InChI=1S/C20H18N6O2S2/c27-18(9-15-11-30-20(23-15)25-19(28)17-7-4-8-29-17)24-16(10-26-13-21-12-22-26)14-5-2-1-3-6-14/h1-8,11-13,16H,9-10H2,(H,24,27)(H,23,25,28). The number of aromatic nitrogens is 4. The zero-order valence-electron chi connectivity index (χ0n) is 15.8. The Bertz CT molecular complexity index is 1090. The van der Waals surface area contributed by atoms with Crippen molar-refractivity contribution in [2.75, 3.05) is 5.32 Å². The highest BCUT2D eigenvalue weighted by Gasteiger charge is 2.17. The summed E-state index contributed by atoms with van der Waals surface area (Å²) in [6, 6.07) is 13.0. The first-order valence-electron chi connectivity index (χ1n) is 9.13. The number of nitrogens with one attached hydrogen (secondary N) is 2. The van der Waals surface area contributed by atoms with E-state index < -0.39 is 0 Å². The lowest BCUT2D eigenvalue weighted by Gasteiger charge is -2.19. The van der Waals surface area contributed by atoms with Gasteiger partial charge in [-0.1, -0.05) is 36.4 Å². The SMILES string of the molecule is O=C(Cc1csc(NC(=O)c2cccs2)n1)NC(Cn1cncn1)c1ccccc1. The molecule has 1 aromatic carbocycles. The van der Waals surface area contributed by atoms with Crippen molar-refractivity contribution >= 4 is 39.6 Å². The van der Waals surface area contributed by atoms with E-state index in [-0.39, 0.29) is 24.3 Å². The topological polar surface area (TPSA) is 102 Å². The molecular weight excluding hydrogens is 420 g/mol. The molecule has 0 saturated carbocycles. The minimum Gasteiger partial charge on any atom is -0.347 e. The van der Waals surface area contributed by atoms with E-state index in [1.165, 1.54) is 29.0 Å². The lowest BCUT2D eigenvalue weighted by molar-refractivity contribution is -0.121. The number of hydrogen-bond acceptors (Lipinski definition) is 7. The van der Waals surface area contributed by atoms with Crippen LogP contribution in [0.3, 0.4) is 0 Å². The largest absolute Gasteiger partial charge is 0.347 e. The Morgan fingerprint density at radius 3 is 2.70 bits per heavy atom. The molecule has 1 atom stereocenters. The van der Waals surface area contributed by atoms with Crippen LogP contribution in [0.15, 0.2) is 65.9 Å². The summed E-state index contributed by atoms with van der Waals surface area (Å²) in [6.07, 6.45) is 3.20. The molecule has 0 aliphatic rings. The third-order valence-electron chi connectivity index (χ3n) is 4.23. The molecule has 0 aliphatic heterocycles. The first kappa shape index (κ1) is 19.9. The van der Waals surface area contributed by atoms with Crippen molar-refractivity contribution in [2.24, 2.45) is 0 Å². The normalized spacial score (nSPS) is 11.7. The molecule has 0 radical (unpaired) electrons. The van der Waals surface area contributed by atoms with Crippen LogP contribution in [0.4, 0.5) is 5.13 Å². The lowest BCUT2D eigenvalue weighted by atomic mass is 10.1. The van der Waals surface area contributed by atoms with Crippen LogP contribution < -0.4 is 10.6 Å². The van der Waals surface area contributed by atoms with E-state index in [4.69, 9.17) is 0 Å². The van der Waals surface area contributed by atoms with E-state index in [2.05, 4.69) is 25.7 Å². The fourth-order valence-corrected chi connectivity index (χ4v) is 4.18. The van der Waals surface area contributed by atoms with E-state index in [1.807, 2.05) is 41.8 Å². The van der Waals surface area contributed by atoms with Crippen LogP contribution in [0.5, 0.6) is 0 Å². The molecule has 2 amide bonds. The van der Waals surface area contributed by atoms with Gasteiger partial charge in [0.05, 0.1) is 29.6 Å². The molecule has 0 saturated heterocycles. The van der Waals surface area contributed by atoms with Gasteiger partial charge in [0.15, 0.2) is 5.13 Å². The van der Waals surface area contributed by atoms with Crippen LogP contribution in [-0.4, -0.2) is 31.6 Å². The van der Waals surface area contributed by atoms with Crippen LogP contribution in [0.1, 0.15) is 27.0 Å². The van der Waals surface area contributed by atoms with Crippen LogP contribution in [0.2, 0.25) is 0 Å². The van der Waals surface area contributed by atoms with Crippen molar-refractivity contribution in [1.82, 2.24) is 25.1 Å². The zero-order valence-corrected chi connectivity index (χ0v) is 17.4. The first-order chi connectivity index (χ1) is 14.7. The van der Waals surface area contributed by atoms with Gasteiger partial charge < -0.3 is 5.32 Å². The molecular formula is C20H18N6O2S2. The van der Waals surface area contributed by atoms with E-state index in [1.54, 1.807) is 22.5 Å². The minimum atomic E-state index is -0.253. The number of carbonyl (C=O) groups is 2. The Kier molecular flexibility index (Phi) is 6.26. The van der Waals surface area contributed by atoms with Gasteiger partial charge in [0.1, 0.15) is 12.7 Å². The predicted molar refractivity (Wildman–Crippen MR) is 115 cm³/mol. The number of hydrogen-bond donors (Lipinski definition) is 2. The van der Waals surface area contributed by atoms with Crippen molar-refractivity contribution in [2.45, 2.75) is 19.0 Å². The van der Waals surface area contributed by atoms with Gasteiger partial charge in [-0.25, -0.2) is 9.97 Å². The fraction of sp³-hybridized carbons (Fsp3) is 0.150. The van der Waals surface area contributed by atoms with Crippen molar-refractivity contribution in [3.8, 4) is 0 Å². The summed E-state index contributed by atoms with van der Waals surface area (Å²) in [7, 11) is 0. The first-order valence-corrected chi connectivity index (χ1v) is 10.9. The average molecular weight is 439 g/mol. The summed E-state index contributed by atoms with van der Waals surface area (Å²) in [5.41, 5.74) is 1.58. The van der Waals surface area contributed by atoms with Gasteiger partial charge in [-0.05, 0) is 17.0 Å². The van der Waals surface area contributed by atoms with Crippen molar-refractivity contribution in [3.63, 3.8) is 0 Å². The molecule has 0 spiro atoms. The maximum Gasteiger partial charge on any atom is 0.267 e. The number of nitrogens with zero attached hydrogens (tertiary/aromatic N) is 4. The monoisotopic (exact) mass is 438 g/mol. The lowest BCUT2D eigenvalue weighted by Crippen LogP contribution is -2.32. The van der Waals surface area contributed by atoms with E-state index in [0.717, 1.165) is 5.56 Å². The summed E-state index contributed by atoms with van der Waals surface area (Å²) < 4.78 is 1.68. The molecule has 1 unspecified atom stereocenters. The highest BCUT2D eigenvalue weighted by Crippen LogP contribution is 2.19. The van der Waals surface area contributed by atoms with Crippen LogP contribution >= 0.6 is 22.7 Å². The predicted octanol–water partition coefficient (Wildman–Crippen LogP) is 3.15. The van der Waals surface area contributed by atoms with Crippen molar-refractivity contribution in [3.05, 3.63) is 82.0 Å². The molecule has 3 aromatic heterocycles. The third-order valence-corrected chi connectivity index (χ3v) is 5.91. The Hall–Kier alpha value is -3.37. The smallest absolute Gasteiger partial charge is 0.267 e. The van der Waals surface area contributed by atoms with Gasteiger partial charge in [-0.15, -0.1) is 22.7 Å². The molecule has 152 valence electrons. The number of thiophene rings is 1. The second kappa shape index (κ2) is 9.42. The van der Waals surface area contributed by atoms with Gasteiger partial charge in [-0.3, -0.25) is 19.6 Å². The summed E-state index contributed by atoms with van der Waals surface area (Å²) >= 11 is 2.66. The molecule has 10 heteroatoms. The molecule has 3 heterocycles. The molecule has 4 aromatic rings. The number of amides is 2. The van der Waals surface area contributed by atoms with E-state index in [9.17, 15) is 9.59 Å². The third kappa shape index (κ3) is 5.16. The molecule has 0 fully saturated rings. The maximum atomic E-state index is 12.7. The summed E-state index contributed by atoms with van der Waals surface area (Å²) in [4.78, 5) is 33.7. The van der Waals surface area contributed by atoms with Crippen molar-refractivity contribution in [1.29, 1.82) is 0 Å². The van der Waals surface area contributed by atoms with Gasteiger partial charge in [0.25, 0.3) is 5.91 Å². The Labute approximate surface area is 180 Å². The number of anilines is 1. The average Bonchev–Trinajstić information content (AvgIpc) is 3.51. The van der Waals surface area contributed by atoms with Crippen LogP contribution in [0, 0.1) is 0 Å². The molecule has 0 bridgehead atoms. The highest BCUT2D eigenvalue weighted by molar-refractivity contribution is 7.14. The minimum absolute atomic E-state index is 0.117. The van der Waals surface area contributed by atoms with Gasteiger partial charge in [0.2, 0.25) is 5.91 Å². The van der Waals surface area contributed by atoms with Crippen LogP contribution in [-0.2, 0) is 17.8 Å². The quantitative estimate of drug-likeness (QED) is 0.440. The number of rotatable bonds is 8. The van der Waals surface area contributed by atoms with Gasteiger partial charge in [0, 0.05) is 5.38 Å². The van der Waals surface area contributed by atoms with Gasteiger partial charge in [-0.2, -0.15) is 5.10 Å². The Morgan fingerprint density at radius 2 is 1.97 bits per heavy atom. The zero-order chi connectivity index (χ0) is 20.8. The maximum absolute atomic E-state index is 12.7. The Balaban J connectivity index is 1.39. The second-order valence-corrected chi connectivity index (χ2v) is 8.21. The molecule has 4 rings (SSSR count). The van der Waals surface area contributed by atoms with E-state index >= 15 is 0 Å². The van der Waals surface area contributed by atoms with Crippen molar-refractivity contribution < 1.29 is 9.59 Å². The van der Waals surface area contributed by atoms with Gasteiger partial charge >= 0.3 is 0 Å². The summed E-state index contributed by atoms with van der Waals surface area (Å²) in [5.74, 6) is -0.363. The van der Waals surface area contributed by atoms with E-state index in [0.29, 0.717) is 22.2 Å². The molecule has 30 heavy (non-hydrogen) atoms. The fourth-order valence-electron chi connectivity index (χ4n) is 2.86. The second-order valence-electron chi connectivity index (χ2n) is 6.40. The van der Waals surface area contributed by atoms with Crippen LogP contribution in [0.25, 0.3) is 0 Å². The summed E-state index contributed by atoms with van der Waals surface area (Å²) in [6.45, 7) is 0.467. The molecule has 2 N–H and O–H groups in total. The number of carbonyl (C=O) groups excluding carboxylic acids is 2. The number of benzene rings is 1. The highest BCUT2D eigenvalue weighted by atomic mass is 32.1. The molecule has 0 aliphatic carbocycles. The number of thiazole rings is 1.